The summed E-state index contributed by atoms with van der Waals surface area (Å²) in [5, 5.41) is 11.5. The van der Waals surface area contributed by atoms with Crippen LogP contribution in [0.1, 0.15) is 25.7 Å². The predicted octanol–water partition coefficient (Wildman–Crippen LogP) is 1.59. The van der Waals surface area contributed by atoms with Gasteiger partial charge in [0, 0.05) is 38.4 Å². The van der Waals surface area contributed by atoms with Crippen molar-refractivity contribution in [3.63, 3.8) is 0 Å². The van der Waals surface area contributed by atoms with Crippen molar-refractivity contribution in [3.05, 3.63) is 28.3 Å². The molecule has 1 aromatic rings. The van der Waals surface area contributed by atoms with Crippen LogP contribution in [0.4, 0.5) is 11.4 Å². The zero-order valence-corrected chi connectivity index (χ0v) is 14.9. The standard InChI is InChI=1S/C16H21N3O5S/c1-25(23,24)14-5-2-4-13(16(14)19(21)22)17-10-7-12(8-11-17)18-9-3-6-15(18)20/h2,4-5,12H,3,6-11H2,1H3. The lowest BCUT2D eigenvalue weighted by atomic mass is 10.0. The minimum Gasteiger partial charge on any atom is -0.366 e. The molecule has 9 heteroatoms. The number of hydrogen-bond acceptors (Lipinski definition) is 6. The van der Waals surface area contributed by atoms with Gasteiger partial charge in [0.1, 0.15) is 10.6 Å². The minimum atomic E-state index is -3.69. The van der Waals surface area contributed by atoms with Crippen LogP contribution in [0.5, 0.6) is 0 Å². The van der Waals surface area contributed by atoms with Crippen molar-refractivity contribution >= 4 is 27.1 Å². The molecule has 2 saturated heterocycles. The van der Waals surface area contributed by atoms with Crippen LogP contribution in [0.3, 0.4) is 0 Å². The molecule has 8 nitrogen and oxygen atoms in total. The SMILES string of the molecule is CS(=O)(=O)c1cccc(N2CCC(N3CCCC3=O)CC2)c1[N+](=O)[O-]. The van der Waals surface area contributed by atoms with Gasteiger partial charge in [-0.3, -0.25) is 14.9 Å². The fourth-order valence-corrected chi connectivity index (χ4v) is 4.58. The Morgan fingerprint density at radius 2 is 1.88 bits per heavy atom. The molecule has 25 heavy (non-hydrogen) atoms. The van der Waals surface area contributed by atoms with E-state index in [1.165, 1.54) is 12.1 Å². The zero-order valence-electron chi connectivity index (χ0n) is 14.1. The third kappa shape index (κ3) is 3.46. The number of anilines is 1. The molecule has 2 fully saturated rings. The lowest BCUT2D eigenvalue weighted by Crippen LogP contribution is -2.45. The van der Waals surface area contributed by atoms with Crippen LogP contribution in [0.2, 0.25) is 0 Å². The van der Waals surface area contributed by atoms with Crippen LogP contribution in [-0.2, 0) is 14.6 Å². The molecule has 2 aliphatic rings. The second-order valence-electron chi connectivity index (χ2n) is 6.56. The highest BCUT2D eigenvalue weighted by Gasteiger charge is 2.34. The van der Waals surface area contributed by atoms with Gasteiger partial charge in [-0.05, 0) is 31.4 Å². The Labute approximate surface area is 146 Å². The maximum atomic E-state index is 11.9. The molecule has 0 spiro atoms. The topological polar surface area (TPSA) is 101 Å². The Hall–Kier alpha value is -2.16. The number of carbonyl (C=O) groups excluding carboxylic acids is 1. The molecule has 2 heterocycles. The summed E-state index contributed by atoms with van der Waals surface area (Å²) in [5.41, 5.74) is -0.0279. The largest absolute Gasteiger partial charge is 0.366 e. The number of nitrogens with zero attached hydrogens (tertiary/aromatic N) is 3. The zero-order chi connectivity index (χ0) is 18.2. The molecule has 0 N–H and O–H groups in total. The fourth-order valence-electron chi connectivity index (χ4n) is 3.72. The first-order valence-corrected chi connectivity index (χ1v) is 10.2. The van der Waals surface area contributed by atoms with E-state index in [9.17, 15) is 23.3 Å². The summed E-state index contributed by atoms with van der Waals surface area (Å²) in [6.07, 6.45) is 3.92. The molecule has 0 unspecified atom stereocenters. The smallest absolute Gasteiger partial charge is 0.311 e. The van der Waals surface area contributed by atoms with E-state index in [1.54, 1.807) is 6.07 Å². The van der Waals surface area contributed by atoms with Gasteiger partial charge in [-0.1, -0.05) is 6.07 Å². The highest BCUT2D eigenvalue weighted by Crippen LogP contribution is 2.36. The quantitative estimate of drug-likeness (QED) is 0.592. The normalized spacial score (nSPS) is 19.5. The van der Waals surface area contributed by atoms with Crippen LogP contribution in [0, 0.1) is 10.1 Å². The maximum Gasteiger partial charge on any atom is 0.311 e. The van der Waals surface area contributed by atoms with Crippen molar-refractivity contribution in [2.75, 3.05) is 30.8 Å². The third-order valence-corrected chi connectivity index (χ3v) is 6.04. The van der Waals surface area contributed by atoms with Gasteiger partial charge in [0.15, 0.2) is 9.84 Å². The van der Waals surface area contributed by atoms with Gasteiger partial charge >= 0.3 is 5.69 Å². The summed E-state index contributed by atoms with van der Waals surface area (Å²) in [6, 6.07) is 4.57. The number of hydrogen-bond donors (Lipinski definition) is 0. The molecule has 136 valence electrons. The molecule has 1 aromatic carbocycles. The van der Waals surface area contributed by atoms with Gasteiger partial charge in [0.05, 0.1) is 4.92 Å². The number of likely N-dealkylation sites (tertiary alicyclic amines) is 1. The van der Waals surface area contributed by atoms with Gasteiger partial charge in [-0.15, -0.1) is 0 Å². The number of amides is 1. The summed E-state index contributed by atoms with van der Waals surface area (Å²) in [4.78, 5) is 26.3. The van der Waals surface area contributed by atoms with Gasteiger partial charge in [-0.2, -0.15) is 0 Å². The first-order chi connectivity index (χ1) is 11.8. The average Bonchev–Trinajstić information content (AvgIpc) is 2.99. The molecular weight excluding hydrogens is 346 g/mol. The van der Waals surface area contributed by atoms with E-state index < -0.39 is 14.8 Å². The van der Waals surface area contributed by atoms with Crippen molar-refractivity contribution < 1.29 is 18.1 Å². The highest BCUT2D eigenvalue weighted by molar-refractivity contribution is 7.90. The van der Waals surface area contributed by atoms with E-state index in [2.05, 4.69) is 0 Å². The fraction of sp³-hybridized carbons (Fsp3) is 0.562. The Bertz CT molecular complexity index is 800. The number of piperidine rings is 1. The lowest BCUT2D eigenvalue weighted by molar-refractivity contribution is -0.387. The average molecular weight is 367 g/mol. The van der Waals surface area contributed by atoms with Crippen molar-refractivity contribution in [2.24, 2.45) is 0 Å². The molecule has 0 bridgehead atoms. The molecule has 0 saturated carbocycles. The molecule has 0 radical (unpaired) electrons. The number of benzene rings is 1. The Balaban J connectivity index is 1.84. The van der Waals surface area contributed by atoms with Gasteiger partial charge in [0.2, 0.25) is 5.91 Å². The van der Waals surface area contributed by atoms with Crippen LogP contribution in [0.25, 0.3) is 0 Å². The van der Waals surface area contributed by atoms with Gasteiger partial charge in [-0.25, -0.2) is 8.42 Å². The van der Waals surface area contributed by atoms with E-state index >= 15 is 0 Å². The van der Waals surface area contributed by atoms with Crippen molar-refractivity contribution in [2.45, 2.75) is 36.6 Å². The molecule has 1 amide bonds. The molecule has 0 aromatic heterocycles. The van der Waals surface area contributed by atoms with Crippen LogP contribution in [0.15, 0.2) is 23.1 Å². The summed E-state index contributed by atoms with van der Waals surface area (Å²) >= 11 is 0. The number of sulfone groups is 1. The van der Waals surface area contributed by atoms with Crippen molar-refractivity contribution in [1.82, 2.24) is 4.90 Å². The maximum absolute atomic E-state index is 11.9. The Kier molecular flexibility index (Phi) is 4.68. The second-order valence-corrected chi connectivity index (χ2v) is 8.55. The summed E-state index contributed by atoms with van der Waals surface area (Å²) < 4.78 is 23.8. The Morgan fingerprint density at radius 3 is 2.40 bits per heavy atom. The number of para-hydroxylation sites is 1. The van der Waals surface area contributed by atoms with E-state index in [1.807, 2.05) is 9.80 Å². The summed E-state index contributed by atoms with van der Waals surface area (Å²) in [6.45, 7) is 1.90. The van der Waals surface area contributed by atoms with Crippen LogP contribution < -0.4 is 4.90 Å². The second kappa shape index (κ2) is 6.62. The number of carbonyl (C=O) groups is 1. The summed E-state index contributed by atoms with van der Waals surface area (Å²) in [7, 11) is -3.69. The molecular formula is C16H21N3O5S. The van der Waals surface area contributed by atoms with Gasteiger partial charge < -0.3 is 9.80 Å². The molecule has 3 rings (SSSR count). The minimum absolute atomic E-state index is 0.170. The first-order valence-electron chi connectivity index (χ1n) is 8.31. The molecule has 0 aliphatic carbocycles. The number of rotatable bonds is 4. The van der Waals surface area contributed by atoms with Crippen molar-refractivity contribution in [3.8, 4) is 0 Å². The molecule has 2 aliphatic heterocycles. The van der Waals surface area contributed by atoms with Crippen LogP contribution >= 0.6 is 0 Å². The first kappa shape index (κ1) is 17.7. The van der Waals surface area contributed by atoms with Crippen molar-refractivity contribution in [1.29, 1.82) is 0 Å². The van der Waals surface area contributed by atoms with E-state index in [0.717, 1.165) is 32.1 Å². The predicted molar refractivity (Wildman–Crippen MR) is 92.4 cm³/mol. The Morgan fingerprint density at radius 1 is 1.20 bits per heavy atom. The molecule has 0 atom stereocenters. The van der Waals surface area contributed by atoms with E-state index in [0.29, 0.717) is 25.2 Å². The monoisotopic (exact) mass is 367 g/mol. The lowest BCUT2D eigenvalue weighted by Gasteiger charge is -2.37. The third-order valence-electron chi connectivity index (χ3n) is 4.92. The van der Waals surface area contributed by atoms with E-state index in [4.69, 9.17) is 0 Å². The highest BCUT2D eigenvalue weighted by atomic mass is 32.2. The summed E-state index contributed by atoms with van der Waals surface area (Å²) in [5.74, 6) is 0.184. The number of nitro groups is 1. The van der Waals surface area contributed by atoms with Crippen LogP contribution in [-0.4, -0.2) is 56.1 Å². The number of nitro benzene ring substituents is 1. The van der Waals surface area contributed by atoms with Gasteiger partial charge in [0.25, 0.3) is 0 Å². The van der Waals surface area contributed by atoms with E-state index in [-0.39, 0.29) is 22.5 Å².